The van der Waals surface area contributed by atoms with Gasteiger partial charge < -0.3 is 14.2 Å². The lowest BCUT2D eigenvalue weighted by atomic mass is 9.73. The summed E-state index contributed by atoms with van der Waals surface area (Å²) in [6, 6.07) is 5.76. The van der Waals surface area contributed by atoms with Gasteiger partial charge in [0.15, 0.2) is 11.5 Å². The van der Waals surface area contributed by atoms with Gasteiger partial charge in [-0.25, -0.2) is 0 Å². The van der Waals surface area contributed by atoms with E-state index in [9.17, 15) is 0 Å². The third kappa shape index (κ3) is 2.49. The second kappa shape index (κ2) is 5.04. The van der Waals surface area contributed by atoms with Gasteiger partial charge in [0.05, 0.1) is 0 Å². The molecule has 0 fully saturated rings. The summed E-state index contributed by atoms with van der Waals surface area (Å²) < 4.78 is 16.7. The molecule has 3 rings (SSSR count). The van der Waals surface area contributed by atoms with Crippen molar-refractivity contribution in [3.63, 3.8) is 0 Å². The molecule has 0 amide bonds. The molecule has 0 bridgehead atoms. The summed E-state index contributed by atoms with van der Waals surface area (Å²) in [5.41, 5.74) is 3.18. The maximum atomic E-state index is 5.98. The zero-order chi connectivity index (χ0) is 14.2. The summed E-state index contributed by atoms with van der Waals surface area (Å²) >= 11 is 0. The van der Waals surface area contributed by atoms with Gasteiger partial charge in [-0.05, 0) is 49.3 Å². The predicted octanol–water partition coefficient (Wildman–Crippen LogP) is 4.32. The lowest BCUT2D eigenvalue weighted by Crippen LogP contribution is -2.24. The molecule has 1 heterocycles. The van der Waals surface area contributed by atoms with Crippen LogP contribution in [0.5, 0.6) is 17.2 Å². The van der Waals surface area contributed by atoms with Gasteiger partial charge in [-0.15, -0.1) is 0 Å². The molecule has 1 aliphatic heterocycles. The lowest BCUT2D eigenvalue weighted by molar-refractivity contribution is 0.173. The van der Waals surface area contributed by atoms with E-state index in [1.807, 2.05) is 18.2 Å². The molecule has 2 aliphatic rings. The van der Waals surface area contributed by atoms with Crippen molar-refractivity contribution in [2.75, 3.05) is 13.4 Å². The fraction of sp³-hybridized carbons (Fsp3) is 0.529. The standard InChI is InChI=1S/C17H22O3/c1-12-5-4-8-17(2,3)14(12)10-18-13-6-7-15-16(9-13)20-11-19-15/h6-7,9H,4-5,8,10-11H2,1-3H3. The number of hydrogen-bond acceptors (Lipinski definition) is 3. The summed E-state index contributed by atoms with van der Waals surface area (Å²) in [6.45, 7) is 7.83. The minimum Gasteiger partial charge on any atom is -0.489 e. The zero-order valence-corrected chi connectivity index (χ0v) is 12.5. The van der Waals surface area contributed by atoms with E-state index < -0.39 is 0 Å². The van der Waals surface area contributed by atoms with Crippen LogP contribution < -0.4 is 14.2 Å². The first-order valence-electron chi connectivity index (χ1n) is 7.28. The normalized spacial score (nSPS) is 20.1. The van der Waals surface area contributed by atoms with Gasteiger partial charge in [0.25, 0.3) is 0 Å². The molecule has 1 aliphatic carbocycles. The first-order chi connectivity index (χ1) is 9.56. The molecule has 20 heavy (non-hydrogen) atoms. The highest BCUT2D eigenvalue weighted by molar-refractivity contribution is 5.47. The SMILES string of the molecule is CC1=C(COc2ccc3c(c2)OCO3)C(C)(C)CCC1. The van der Waals surface area contributed by atoms with Gasteiger partial charge in [0.1, 0.15) is 12.4 Å². The monoisotopic (exact) mass is 274 g/mol. The van der Waals surface area contributed by atoms with Crippen LogP contribution >= 0.6 is 0 Å². The molecule has 3 nitrogen and oxygen atoms in total. The number of ether oxygens (including phenoxy) is 3. The van der Waals surface area contributed by atoms with Gasteiger partial charge in [0, 0.05) is 6.07 Å². The number of allylic oxidation sites excluding steroid dienone is 1. The lowest BCUT2D eigenvalue weighted by Gasteiger charge is -2.34. The maximum absolute atomic E-state index is 5.98. The number of rotatable bonds is 3. The first kappa shape index (κ1) is 13.3. The second-order valence-electron chi connectivity index (χ2n) is 6.30. The van der Waals surface area contributed by atoms with Crippen molar-refractivity contribution in [2.24, 2.45) is 5.41 Å². The fourth-order valence-corrected chi connectivity index (χ4v) is 3.12. The number of benzene rings is 1. The van der Waals surface area contributed by atoms with E-state index in [1.165, 1.54) is 30.4 Å². The van der Waals surface area contributed by atoms with Crippen LogP contribution in [0.4, 0.5) is 0 Å². The first-order valence-corrected chi connectivity index (χ1v) is 7.28. The second-order valence-corrected chi connectivity index (χ2v) is 6.30. The van der Waals surface area contributed by atoms with E-state index in [-0.39, 0.29) is 5.41 Å². The van der Waals surface area contributed by atoms with Crippen LogP contribution in [-0.4, -0.2) is 13.4 Å². The van der Waals surface area contributed by atoms with Crippen LogP contribution in [0, 0.1) is 5.41 Å². The third-order valence-corrected chi connectivity index (χ3v) is 4.41. The molecule has 0 atom stereocenters. The molecule has 0 spiro atoms. The number of fused-ring (bicyclic) bond motifs is 1. The van der Waals surface area contributed by atoms with Crippen LogP contribution in [0.2, 0.25) is 0 Å². The summed E-state index contributed by atoms with van der Waals surface area (Å²) in [7, 11) is 0. The van der Waals surface area contributed by atoms with E-state index in [2.05, 4.69) is 20.8 Å². The molecule has 108 valence electrons. The van der Waals surface area contributed by atoms with Crippen molar-refractivity contribution in [3.05, 3.63) is 29.3 Å². The molecule has 0 radical (unpaired) electrons. The Labute approximate surface area is 120 Å². The molecule has 0 saturated carbocycles. The Morgan fingerprint density at radius 1 is 1.20 bits per heavy atom. The molecule has 0 N–H and O–H groups in total. The van der Waals surface area contributed by atoms with Crippen LogP contribution in [-0.2, 0) is 0 Å². The molecule has 0 saturated heterocycles. The largest absolute Gasteiger partial charge is 0.489 e. The molecule has 3 heteroatoms. The minimum absolute atomic E-state index is 0.249. The smallest absolute Gasteiger partial charge is 0.231 e. The van der Waals surface area contributed by atoms with Crippen LogP contribution in [0.3, 0.4) is 0 Å². The molecule has 0 unspecified atom stereocenters. The zero-order valence-electron chi connectivity index (χ0n) is 12.5. The van der Waals surface area contributed by atoms with E-state index >= 15 is 0 Å². The Morgan fingerprint density at radius 2 is 2.00 bits per heavy atom. The van der Waals surface area contributed by atoms with Crippen molar-refractivity contribution < 1.29 is 14.2 Å². The van der Waals surface area contributed by atoms with Crippen molar-refractivity contribution in [1.29, 1.82) is 0 Å². The molecule has 0 aromatic heterocycles. The van der Waals surface area contributed by atoms with E-state index in [4.69, 9.17) is 14.2 Å². The third-order valence-electron chi connectivity index (χ3n) is 4.41. The van der Waals surface area contributed by atoms with Crippen molar-refractivity contribution in [3.8, 4) is 17.2 Å². The van der Waals surface area contributed by atoms with Crippen molar-refractivity contribution in [1.82, 2.24) is 0 Å². The Morgan fingerprint density at radius 3 is 2.80 bits per heavy atom. The molecular formula is C17H22O3. The summed E-state index contributed by atoms with van der Waals surface area (Å²) in [6.07, 6.45) is 3.72. The van der Waals surface area contributed by atoms with Crippen molar-refractivity contribution >= 4 is 0 Å². The van der Waals surface area contributed by atoms with E-state index in [0.717, 1.165) is 17.2 Å². The Balaban J connectivity index is 1.73. The fourth-order valence-electron chi connectivity index (χ4n) is 3.12. The van der Waals surface area contributed by atoms with Gasteiger partial charge in [-0.3, -0.25) is 0 Å². The Kier molecular flexibility index (Phi) is 3.36. The van der Waals surface area contributed by atoms with Gasteiger partial charge in [-0.2, -0.15) is 0 Å². The maximum Gasteiger partial charge on any atom is 0.231 e. The van der Waals surface area contributed by atoms with Crippen LogP contribution in [0.25, 0.3) is 0 Å². The number of hydrogen-bond donors (Lipinski definition) is 0. The average Bonchev–Trinajstić information content (AvgIpc) is 2.84. The predicted molar refractivity (Wildman–Crippen MR) is 78.4 cm³/mol. The highest BCUT2D eigenvalue weighted by atomic mass is 16.7. The van der Waals surface area contributed by atoms with Gasteiger partial charge in [0.2, 0.25) is 6.79 Å². The molecule has 1 aromatic rings. The van der Waals surface area contributed by atoms with Crippen molar-refractivity contribution in [2.45, 2.75) is 40.0 Å². The Hall–Kier alpha value is -1.64. The summed E-state index contributed by atoms with van der Waals surface area (Å²) in [5.74, 6) is 2.41. The summed E-state index contributed by atoms with van der Waals surface area (Å²) in [4.78, 5) is 0. The van der Waals surface area contributed by atoms with E-state index in [0.29, 0.717) is 13.4 Å². The quantitative estimate of drug-likeness (QED) is 0.768. The molecule has 1 aromatic carbocycles. The van der Waals surface area contributed by atoms with Crippen LogP contribution in [0.15, 0.2) is 29.3 Å². The highest BCUT2D eigenvalue weighted by Crippen LogP contribution is 2.41. The topological polar surface area (TPSA) is 27.7 Å². The van der Waals surface area contributed by atoms with Crippen LogP contribution in [0.1, 0.15) is 40.0 Å². The van der Waals surface area contributed by atoms with E-state index in [1.54, 1.807) is 0 Å². The summed E-state index contributed by atoms with van der Waals surface area (Å²) in [5, 5.41) is 0. The highest BCUT2D eigenvalue weighted by Gasteiger charge is 2.28. The Bertz CT molecular complexity index is 543. The minimum atomic E-state index is 0.249. The van der Waals surface area contributed by atoms with Gasteiger partial charge >= 0.3 is 0 Å². The van der Waals surface area contributed by atoms with Gasteiger partial charge in [-0.1, -0.05) is 19.4 Å². The molecular weight excluding hydrogens is 252 g/mol. The average molecular weight is 274 g/mol.